The average molecular weight is 652 g/mol. The number of nitrogens with zero attached hydrogens (tertiary/aromatic N) is 2. The van der Waals surface area contributed by atoms with Gasteiger partial charge in [0.15, 0.2) is 0 Å². The van der Waals surface area contributed by atoms with Crippen LogP contribution in [0.4, 0.5) is 0 Å². The van der Waals surface area contributed by atoms with E-state index >= 15 is 0 Å². The highest BCUT2D eigenvalue weighted by atomic mass is 16.6. The standard InChI is InChI=1S/C36H49N3O8/c1-34(2,3)22-35(4,5)39-18-12-17-36-28(31(42)38(19-20-40)30(36)32(39)43)27-25(47-36)15-10-11-16-26(41)37-24(21-45-6)29(46-33(27)44)23-13-8-7-9-14-23/h7-10,12-15,17,24-25,27-30,40H,11,16,18-22H2,1-6H3,(H,37,41)/b15-10-/t24-,25-,27+,28+,29-,30-,36+/m0/s1. The Bertz CT molecular complexity index is 1400. The third-order valence-corrected chi connectivity index (χ3v) is 9.59. The van der Waals surface area contributed by atoms with Crippen molar-refractivity contribution in [2.75, 3.05) is 33.4 Å². The van der Waals surface area contributed by atoms with Crippen LogP contribution in [0.3, 0.4) is 0 Å². The third-order valence-electron chi connectivity index (χ3n) is 9.59. The number of rotatable bonds is 7. The van der Waals surface area contributed by atoms with Crippen LogP contribution in [0.25, 0.3) is 0 Å². The van der Waals surface area contributed by atoms with E-state index in [0.29, 0.717) is 24.9 Å². The Morgan fingerprint density at radius 3 is 2.43 bits per heavy atom. The van der Waals surface area contributed by atoms with Crippen LogP contribution in [0, 0.1) is 17.3 Å². The molecule has 4 aliphatic rings. The van der Waals surface area contributed by atoms with Gasteiger partial charge in [-0.25, -0.2) is 0 Å². The zero-order valence-corrected chi connectivity index (χ0v) is 28.3. The second kappa shape index (κ2) is 13.5. The first-order valence-electron chi connectivity index (χ1n) is 16.5. The van der Waals surface area contributed by atoms with Crippen molar-refractivity contribution in [3.63, 3.8) is 0 Å². The lowest BCUT2D eigenvalue weighted by Gasteiger charge is -2.44. The summed E-state index contributed by atoms with van der Waals surface area (Å²) in [4.78, 5) is 59.7. The molecule has 4 aliphatic heterocycles. The van der Waals surface area contributed by atoms with Gasteiger partial charge in [-0.15, -0.1) is 0 Å². The molecular formula is C36H49N3O8. The number of carbonyl (C=O) groups excluding carboxylic acids is 4. The molecular weight excluding hydrogens is 602 g/mol. The molecule has 1 aromatic rings. The molecule has 1 aromatic carbocycles. The molecule has 2 saturated heterocycles. The SMILES string of the molecule is COC[C@@H]1NC(=O)CC/C=C\[C@@H]2O[C@@]34C=CCN(C(C)(C)CC(C)(C)C)C(=O)[C@@H]3N(CCO)C(=O)[C@H]4[C@@H]2C(=O)O[C@H]1c1ccccc1. The summed E-state index contributed by atoms with van der Waals surface area (Å²) in [7, 11) is 1.51. The molecule has 256 valence electrons. The molecule has 0 aliphatic carbocycles. The van der Waals surface area contributed by atoms with E-state index in [1.54, 1.807) is 23.1 Å². The first-order chi connectivity index (χ1) is 22.2. The maximum atomic E-state index is 14.7. The predicted molar refractivity (Wildman–Crippen MR) is 174 cm³/mol. The average Bonchev–Trinajstić information content (AvgIpc) is 3.36. The zero-order chi connectivity index (χ0) is 34.1. The van der Waals surface area contributed by atoms with E-state index in [1.165, 1.54) is 12.0 Å². The zero-order valence-electron chi connectivity index (χ0n) is 28.3. The number of fused-ring (bicyclic) bond motifs is 2. The normalized spacial score (nSPS) is 32.4. The number of benzene rings is 1. The van der Waals surface area contributed by atoms with E-state index in [2.05, 4.69) is 26.1 Å². The lowest BCUT2D eigenvalue weighted by atomic mass is 9.77. The number of likely N-dealkylation sites (tertiary alicyclic amines) is 1. The minimum Gasteiger partial charge on any atom is -0.455 e. The van der Waals surface area contributed by atoms with Crippen LogP contribution < -0.4 is 5.32 Å². The molecule has 47 heavy (non-hydrogen) atoms. The number of aliphatic hydroxyl groups excluding tert-OH is 1. The number of allylic oxidation sites excluding steroid dienone is 1. The van der Waals surface area contributed by atoms with Crippen molar-refractivity contribution in [3.8, 4) is 0 Å². The fraction of sp³-hybridized carbons (Fsp3) is 0.611. The molecule has 1 spiro atoms. The van der Waals surface area contributed by atoms with Gasteiger partial charge in [0.2, 0.25) is 17.7 Å². The molecule has 0 radical (unpaired) electrons. The van der Waals surface area contributed by atoms with Crippen molar-refractivity contribution in [1.29, 1.82) is 0 Å². The Hall–Kier alpha value is -3.54. The number of aliphatic hydroxyl groups is 1. The molecule has 4 heterocycles. The minimum atomic E-state index is -1.48. The van der Waals surface area contributed by atoms with Crippen LogP contribution in [0.5, 0.6) is 0 Å². The number of hydrogen-bond donors (Lipinski definition) is 2. The van der Waals surface area contributed by atoms with Crippen molar-refractivity contribution in [3.05, 3.63) is 60.2 Å². The summed E-state index contributed by atoms with van der Waals surface area (Å²) in [5.74, 6) is -3.82. The summed E-state index contributed by atoms with van der Waals surface area (Å²) in [5, 5.41) is 13.0. The van der Waals surface area contributed by atoms with Gasteiger partial charge >= 0.3 is 5.97 Å². The number of carbonyl (C=O) groups is 4. The highest BCUT2D eigenvalue weighted by Crippen LogP contribution is 2.54. The topological polar surface area (TPSA) is 135 Å². The summed E-state index contributed by atoms with van der Waals surface area (Å²) in [6.07, 6.45) is 6.56. The van der Waals surface area contributed by atoms with Crippen LogP contribution in [0.1, 0.15) is 65.5 Å². The number of amides is 3. The van der Waals surface area contributed by atoms with Gasteiger partial charge in [0, 0.05) is 32.2 Å². The van der Waals surface area contributed by atoms with Crippen molar-refractivity contribution >= 4 is 23.7 Å². The smallest absolute Gasteiger partial charge is 0.313 e. The molecule has 0 bridgehead atoms. The van der Waals surface area contributed by atoms with E-state index in [9.17, 15) is 24.3 Å². The minimum absolute atomic E-state index is 0.0785. The molecule has 0 aromatic heterocycles. The number of nitrogens with one attached hydrogen (secondary N) is 1. The third kappa shape index (κ3) is 6.75. The van der Waals surface area contributed by atoms with Gasteiger partial charge in [-0.05, 0) is 37.7 Å². The molecule has 11 nitrogen and oxygen atoms in total. The van der Waals surface area contributed by atoms with Crippen molar-refractivity contribution < 1.29 is 38.5 Å². The maximum Gasteiger partial charge on any atom is 0.313 e. The van der Waals surface area contributed by atoms with Crippen LogP contribution in [0.2, 0.25) is 0 Å². The van der Waals surface area contributed by atoms with E-state index in [1.807, 2.05) is 50.3 Å². The molecule has 11 heteroatoms. The van der Waals surface area contributed by atoms with Gasteiger partial charge in [-0.1, -0.05) is 75.4 Å². The molecule has 7 atom stereocenters. The van der Waals surface area contributed by atoms with Crippen molar-refractivity contribution in [2.24, 2.45) is 17.3 Å². The first-order valence-corrected chi connectivity index (χ1v) is 16.5. The number of methoxy groups -OCH3 is 1. The number of ether oxygens (including phenoxy) is 3. The molecule has 2 N–H and O–H groups in total. The van der Waals surface area contributed by atoms with E-state index in [-0.39, 0.29) is 43.4 Å². The number of cyclic esters (lactones) is 1. The van der Waals surface area contributed by atoms with Crippen molar-refractivity contribution in [1.82, 2.24) is 15.1 Å². The highest BCUT2D eigenvalue weighted by Gasteiger charge is 2.72. The second-order valence-corrected chi connectivity index (χ2v) is 14.9. The number of β-amino-alcohol motifs (C(OH)–C–C–N with tert-alkyl or cyclic N) is 1. The van der Waals surface area contributed by atoms with Gasteiger partial charge in [0.25, 0.3) is 0 Å². The summed E-state index contributed by atoms with van der Waals surface area (Å²) in [6.45, 7) is 10.3. The Kier molecular flexibility index (Phi) is 10.0. The van der Waals surface area contributed by atoms with Crippen LogP contribution in [-0.4, -0.2) is 101 Å². The van der Waals surface area contributed by atoms with Gasteiger partial charge in [-0.2, -0.15) is 0 Å². The van der Waals surface area contributed by atoms with Gasteiger partial charge < -0.3 is 34.4 Å². The quantitative estimate of drug-likeness (QED) is 0.340. The van der Waals surface area contributed by atoms with Crippen molar-refractivity contribution in [2.45, 2.75) is 89.3 Å². The Morgan fingerprint density at radius 2 is 1.77 bits per heavy atom. The van der Waals surface area contributed by atoms with Gasteiger partial charge in [0.05, 0.1) is 31.3 Å². The predicted octanol–water partition coefficient (Wildman–Crippen LogP) is 2.94. The fourth-order valence-electron chi connectivity index (χ4n) is 8.18. The Morgan fingerprint density at radius 1 is 1.04 bits per heavy atom. The van der Waals surface area contributed by atoms with Crippen LogP contribution in [-0.2, 0) is 33.4 Å². The molecule has 5 rings (SSSR count). The van der Waals surface area contributed by atoms with E-state index in [4.69, 9.17) is 14.2 Å². The van der Waals surface area contributed by atoms with Gasteiger partial charge in [-0.3, -0.25) is 19.2 Å². The van der Waals surface area contributed by atoms with E-state index in [0.717, 1.165) is 0 Å². The molecule has 3 amide bonds. The fourth-order valence-corrected chi connectivity index (χ4v) is 8.18. The van der Waals surface area contributed by atoms with E-state index < -0.39 is 59.1 Å². The van der Waals surface area contributed by atoms with Crippen LogP contribution >= 0.6 is 0 Å². The largest absolute Gasteiger partial charge is 0.455 e. The number of hydrogen-bond acceptors (Lipinski definition) is 8. The highest BCUT2D eigenvalue weighted by molar-refractivity contribution is 5.99. The molecule has 2 fully saturated rings. The monoisotopic (exact) mass is 651 g/mol. The lowest BCUT2D eigenvalue weighted by molar-refractivity contribution is -0.162. The summed E-state index contributed by atoms with van der Waals surface area (Å²) in [6, 6.07) is 7.30. The first kappa shape index (κ1) is 34.8. The molecule has 0 saturated carbocycles. The number of esters is 1. The summed E-state index contributed by atoms with van der Waals surface area (Å²) >= 11 is 0. The lowest BCUT2D eigenvalue weighted by Crippen LogP contribution is -2.60. The Labute approximate surface area is 277 Å². The summed E-state index contributed by atoms with van der Waals surface area (Å²) in [5.41, 5.74) is -1.47. The van der Waals surface area contributed by atoms with Crippen LogP contribution in [0.15, 0.2) is 54.6 Å². The maximum absolute atomic E-state index is 14.7. The van der Waals surface area contributed by atoms with Gasteiger partial charge in [0.1, 0.15) is 23.7 Å². The molecule has 0 unspecified atom stereocenters. The Balaban J connectivity index is 1.60. The second-order valence-electron chi connectivity index (χ2n) is 14.9. The summed E-state index contributed by atoms with van der Waals surface area (Å²) < 4.78 is 18.5.